The van der Waals surface area contributed by atoms with Gasteiger partial charge in [0.2, 0.25) is 5.91 Å². The van der Waals surface area contributed by atoms with Crippen LogP contribution in [0.4, 0.5) is 11.4 Å². The highest BCUT2D eigenvalue weighted by Gasteiger charge is 2.22. The summed E-state index contributed by atoms with van der Waals surface area (Å²) in [5.74, 6) is 0.360. The fourth-order valence-electron chi connectivity index (χ4n) is 2.32. The number of hydrogen-bond acceptors (Lipinski definition) is 5. The molecule has 1 unspecified atom stereocenters. The molecule has 1 aromatic rings. The van der Waals surface area contributed by atoms with Gasteiger partial charge in [0.05, 0.1) is 11.5 Å². The van der Waals surface area contributed by atoms with Crippen molar-refractivity contribution < 1.29 is 9.72 Å². The Morgan fingerprint density at radius 1 is 1.45 bits per heavy atom. The number of rotatable bonds is 5. The molecule has 0 saturated carbocycles. The van der Waals surface area contributed by atoms with Crippen molar-refractivity contribution in [3.63, 3.8) is 0 Å². The Hall–Kier alpha value is -1.99. The third kappa shape index (κ3) is 3.75. The van der Waals surface area contributed by atoms with E-state index in [1.54, 1.807) is 0 Å². The summed E-state index contributed by atoms with van der Waals surface area (Å²) < 4.78 is 0. The molecule has 20 heavy (non-hydrogen) atoms. The molecule has 1 aliphatic rings. The molecular formula is C13H18N4O3. The molecule has 1 saturated heterocycles. The van der Waals surface area contributed by atoms with E-state index in [9.17, 15) is 14.9 Å². The minimum absolute atomic E-state index is 0.00771. The van der Waals surface area contributed by atoms with E-state index in [4.69, 9.17) is 5.73 Å². The third-order valence-electron chi connectivity index (χ3n) is 3.43. The van der Waals surface area contributed by atoms with E-state index in [2.05, 4.69) is 10.2 Å². The molecule has 1 heterocycles. The first kappa shape index (κ1) is 14.4. The maximum Gasteiger partial charge on any atom is 0.269 e. The molecule has 1 aliphatic heterocycles. The van der Waals surface area contributed by atoms with Crippen molar-refractivity contribution in [2.24, 2.45) is 11.7 Å². The second-order valence-electron chi connectivity index (χ2n) is 4.98. The molecule has 7 heteroatoms. The Bertz CT molecular complexity index is 489. The lowest BCUT2D eigenvalue weighted by Gasteiger charge is -2.15. The average Bonchev–Trinajstić information content (AvgIpc) is 2.86. The van der Waals surface area contributed by atoms with Gasteiger partial charge in [0.1, 0.15) is 0 Å². The lowest BCUT2D eigenvalue weighted by Crippen LogP contribution is -2.32. The summed E-state index contributed by atoms with van der Waals surface area (Å²) in [7, 11) is 0. The van der Waals surface area contributed by atoms with Crippen molar-refractivity contribution in [3.05, 3.63) is 34.4 Å². The van der Waals surface area contributed by atoms with E-state index < -0.39 is 4.92 Å². The molecule has 7 nitrogen and oxygen atoms in total. The van der Waals surface area contributed by atoms with Gasteiger partial charge in [0, 0.05) is 24.4 Å². The van der Waals surface area contributed by atoms with Crippen molar-refractivity contribution in [2.75, 3.05) is 31.5 Å². The summed E-state index contributed by atoms with van der Waals surface area (Å²) in [5, 5.41) is 13.3. The Labute approximate surface area is 116 Å². The number of amides is 1. The fraction of sp³-hybridized carbons (Fsp3) is 0.462. The van der Waals surface area contributed by atoms with Crippen LogP contribution in [0.3, 0.4) is 0 Å². The number of nitro groups is 1. The van der Waals surface area contributed by atoms with Gasteiger partial charge in [0.15, 0.2) is 0 Å². The van der Waals surface area contributed by atoms with E-state index in [1.165, 1.54) is 24.3 Å². The molecule has 0 bridgehead atoms. The molecule has 0 radical (unpaired) electrons. The number of nitrogens with one attached hydrogen (secondary N) is 1. The Kier molecular flexibility index (Phi) is 4.65. The van der Waals surface area contributed by atoms with Crippen molar-refractivity contribution in [3.8, 4) is 0 Å². The molecule has 3 N–H and O–H groups in total. The SMILES string of the molecule is NCC1CCN(CC(=O)Nc2ccc([N+](=O)[O-])cc2)C1. The van der Waals surface area contributed by atoms with Crippen LogP contribution >= 0.6 is 0 Å². The predicted octanol–water partition coefficient (Wildman–Crippen LogP) is 0.814. The summed E-state index contributed by atoms with van der Waals surface area (Å²) in [6.45, 7) is 2.72. The largest absolute Gasteiger partial charge is 0.330 e. The molecule has 1 fully saturated rings. The topological polar surface area (TPSA) is 102 Å². The Morgan fingerprint density at radius 3 is 2.70 bits per heavy atom. The molecule has 2 rings (SSSR count). The number of likely N-dealkylation sites (tertiary alicyclic amines) is 1. The molecule has 0 spiro atoms. The monoisotopic (exact) mass is 278 g/mol. The molecule has 1 atom stereocenters. The number of benzene rings is 1. The normalized spacial score (nSPS) is 18.9. The first-order valence-corrected chi connectivity index (χ1v) is 6.55. The lowest BCUT2D eigenvalue weighted by molar-refractivity contribution is -0.384. The molecule has 108 valence electrons. The van der Waals surface area contributed by atoms with Crippen LogP contribution in [0, 0.1) is 16.0 Å². The smallest absolute Gasteiger partial charge is 0.269 e. The standard InChI is InChI=1S/C13H18N4O3/c14-7-10-5-6-16(8-10)9-13(18)15-11-1-3-12(4-2-11)17(19)20/h1-4,10H,5-9,14H2,(H,15,18). The quantitative estimate of drug-likeness (QED) is 0.613. The van der Waals surface area contributed by atoms with Gasteiger partial charge in [-0.15, -0.1) is 0 Å². The Morgan fingerprint density at radius 2 is 2.15 bits per heavy atom. The van der Waals surface area contributed by atoms with Crippen LogP contribution in [-0.4, -0.2) is 41.9 Å². The zero-order chi connectivity index (χ0) is 14.5. The molecule has 1 aromatic carbocycles. The van der Waals surface area contributed by atoms with E-state index in [1.807, 2.05) is 0 Å². The van der Waals surface area contributed by atoms with Gasteiger partial charge in [-0.1, -0.05) is 0 Å². The zero-order valence-electron chi connectivity index (χ0n) is 11.1. The fourth-order valence-corrected chi connectivity index (χ4v) is 2.32. The molecule has 0 aliphatic carbocycles. The maximum absolute atomic E-state index is 11.9. The second-order valence-corrected chi connectivity index (χ2v) is 4.98. The highest BCUT2D eigenvalue weighted by molar-refractivity contribution is 5.92. The van der Waals surface area contributed by atoms with E-state index in [0.29, 0.717) is 24.7 Å². The van der Waals surface area contributed by atoms with Crippen LogP contribution in [0.5, 0.6) is 0 Å². The third-order valence-corrected chi connectivity index (χ3v) is 3.43. The first-order chi connectivity index (χ1) is 9.58. The Balaban J connectivity index is 1.84. The van der Waals surface area contributed by atoms with Crippen molar-refractivity contribution in [2.45, 2.75) is 6.42 Å². The number of non-ortho nitro benzene ring substituents is 1. The highest BCUT2D eigenvalue weighted by atomic mass is 16.6. The van der Waals surface area contributed by atoms with E-state index in [-0.39, 0.29) is 11.6 Å². The first-order valence-electron chi connectivity index (χ1n) is 6.55. The van der Waals surface area contributed by atoms with Gasteiger partial charge in [-0.05, 0) is 37.6 Å². The average molecular weight is 278 g/mol. The van der Waals surface area contributed by atoms with Gasteiger partial charge >= 0.3 is 0 Å². The van der Waals surface area contributed by atoms with E-state index >= 15 is 0 Å². The van der Waals surface area contributed by atoms with Crippen LogP contribution in [0.1, 0.15) is 6.42 Å². The van der Waals surface area contributed by atoms with Gasteiger partial charge in [-0.2, -0.15) is 0 Å². The summed E-state index contributed by atoms with van der Waals surface area (Å²) in [6.07, 6.45) is 1.03. The highest BCUT2D eigenvalue weighted by Crippen LogP contribution is 2.17. The van der Waals surface area contributed by atoms with Gasteiger partial charge in [0.25, 0.3) is 5.69 Å². The minimum atomic E-state index is -0.469. The van der Waals surface area contributed by atoms with Crippen molar-refractivity contribution in [1.29, 1.82) is 0 Å². The summed E-state index contributed by atoms with van der Waals surface area (Å²) in [4.78, 5) is 24.0. The van der Waals surface area contributed by atoms with Crippen LogP contribution in [0.25, 0.3) is 0 Å². The van der Waals surface area contributed by atoms with Gasteiger partial charge in [-0.25, -0.2) is 0 Å². The van der Waals surface area contributed by atoms with Crippen molar-refractivity contribution >= 4 is 17.3 Å². The van der Waals surface area contributed by atoms with Crippen LogP contribution < -0.4 is 11.1 Å². The molecule has 1 amide bonds. The molecule has 0 aromatic heterocycles. The maximum atomic E-state index is 11.9. The number of nitrogens with two attached hydrogens (primary N) is 1. The van der Waals surface area contributed by atoms with Crippen LogP contribution in [0.15, 0.2) is 24.3 Å². The van der Waals surface area contributed by atoms with E-state index in [0.717, 1.165) is 19.5 Å². The van der Waals surface area contributed by atoms with Crippen molar-refractivity contribution in [1.82, 2.24) is 4.90 Å². The van der Waals surface area contributed by atoms with Crippen LogP contribution in [-0.2, 0) is 4.79 Å². The lowest BCUT2D eigenvalue weighted by atomic mass is 10.1. The number of hydrogen-bond donors (Lipinski definition) is 2. The minimum Gasteiger partial charge on any atom is -0.330 e. The second kappa shape index (κ2) is 6.44. The number of carbonyl (C=O) groups is 1. The molecular weight excluding hydrogens is 260 g/mol. The number of nitro benzene ring substituents is 1. The van der Waals surface area contributed by atoms with Gasteiger partial charge in [-0.3, -0.25) is 19.8 Å². The predicted molar refractivity (Wildman–Crippen MR) is 75.3 cm³/mol. The number of anilines is 1. The van der Waals surface area contributed by atoms with Crippen LogP contribution in [0.2, 0.25) is 0 Å². The number of nitrogens with zero attached hydrogens (tertiary/aromatic N) is 2. The summed E-state index contributed by atoms with van der Waals surface area (Å²) in [5.41, 5.74) is 6.18. The number of carbonyl (C=O) groups excluding carboxylic acids is 1. The zero-order valence-corrected chi connectivity index (χ0v) is 11.1. The van der Waals surface area contributed by atoms with Gasteiger partial charge < -0.3 is 11.1 Å². The summed E-state index contributed by atoms with van der Waals surface area (Å²) >= 11 is 0. The summed E-state index contributed by atoms with van der Waals surface area (Å²) in [6, 6.07) is 5.80.